The molecule has 2 aromatic rings. The van der Waals surface area contributed by atoms with Crippen LogP contribution in [0.4, 0.5) is 0 Å². The third kappa shape index (κ3) is 5.32. The number of aliphatic hydroxyl groups excluding tert-OH is 1. The average Bonchev–Trinajstić information content (AvgIpc) is 3.24. The van der Waals surface area contributed by atoms with Gasteiger partial charge in [0, 0.05) is 29.9 Å². The second-order valence-electron chi connectivity index (χ2n) is 6.96. The number of ether oxygens (including phenoxy) is 2. The predicted octanol–water partition coefficient (Wildman–Crippen LogP) is 2.52. The van der Waals surface area contributed by atoms with Gasteiger partial charge in [-0.25, -0.2) is 10.5 Å². The first-order chi connectivity index (χ1) is 15.1. The minimum Gasteiger partial charge on any atom is -0.494 e. The van der Waals surface area contributed by atoms with Gasteiger partial charge < -0.3 is 14.6 Å². The Morgan fingerprint density at radius 1 is 1.26 bits per heavy atom. The molecule has 0 bridgehead atoms. The van der Waals surface area contributed by atoms with Crippen LogP contribution in [0.15, 0.2) is 58.6 Å². The van der Waals surface area contributed by atoms with E-state index in [0.29, 0.717) is 24.3 Å². The Labute approximate surface area is 178 Å². The van der Waals surface area contributed by atoms with Crippen LogP contribution in [-0.2, 0) is 22.5 Å². The van der Waals surface area contributed by atoms with Crippen molar-refractivity contribution in [3.63, 3.8) is 0 Å². The summed E-state index contributed by atoms with van der Waals surface area (Å²) in [5.74, 6) is 0.227. The topological polar surface area (TPSA) is 149 Å². The van der Waals surface area contributed by atoms with Crippen molar-refractivity contribution in [1.29, 1.82) is 0 Å². The lowest BCUT2D eigenvalue weighted by atomic mass is 9.89. The van der Waals surface area contributed by atoms with Gasteiger partial charge in [-0.2, -0.15) is 0 Å². The van der Waals surface area contributed by atoms with Gasteiger partial charge in [0.05, 0.1) is 13.2 Å². The van der Waals surface area contributed by atoms with Gasteiger partial charge in [0.2, 0.25) is 5.90 Å². The van der Waals surface area contributed by atoms with E-state index in [-0.39, 0.29) is 32.1 Å². The molecule has 0 spiro atoms. The fraction of sp³-hybridized carbons (Fsp3) is 0.333. The Morgan fingerprint density at radius 3 is 2.68 bits per heavy atom. The molecule has 0 saturated heterocycles. The highest BCUT2D eigenvalue weighted by Gasteiger charge is 2.44. The van der Waals surface area contributed by atoms with E-state index in [2.05, 4.69) is 15.0 Å². The Hall–Kier alpha value is -3.59. The number of nitrogens with zero attached hydrogens (tertiary/aromatic N) is 4. The normalized spacial score (nSPS) is 17.3. The lowest BCUT2D eigenvalue weighted by molar-refractivity contribution is -0.135. The molecule has 0 aliphatic carbocycles. The van der Waals surface area contributed by atoms with Gasteiger partial charge in [0.25, 0.3) is 5.91 Å². The van der Waals surface area contributed by atoms with Crippen LogP contribution in [0.5, 0.6) is 5.75 Å². The van der Waals surface area contributed by atoms with Gasteiger partial charge >= 0.3 is 0 Å². The summed E-state index contributed by atoms with van der Waals surface area (Å²) in [6, 6.07) is 14.3. The van der Waals surface area contributed by atoms with E-state index in [4.69, 9.17) is 20.1 Å². The third-order valence-electron chi connectivity index (χ3n) is 4.87. The zero-order valence-corrected chi connectivity index (χ0v) is 16.8. The number of aliphatic hydroxyl groups is 1. The van der Waals surface area contributed by atoms with E-state index in [9.17, 15) is 10.0 Å². The van der Waals surface area contributed by atoms with Gasteiger partial charge in [0.15, 0.2) is 5.54 Å². The Balaban J connectivity index is 1.85. The zero-order valence-electron chi connectivity index (χ0n) is 16.8. The highest BCUT2D eigenvalue weighted by Crippen LogP contribution is 2.29. The fourth-order valence-electron chi connectivity index (χ4n) is 3.24. The summed E-state index contributed by atoms with van der Waals surface area (Å²) in [6.07, 6.45) is 0.694. The summed E-state index contributed by atoms with van der Waals surface area (Å²) in [7, 11) is 0. The molecule has 10 nitrogen and oxygen atoms in total. The molecule has 0 radical (unpaired) electrons. The molecule has 3 rings (SSSR count). The van der Waals surface area contributed by atoms with Crippen molar-refractivity contribution in [2.75, 3.05) is 19.8 Å². The first-order valence-corrected chi connectivity index (χ1v) is 9.71. The van der Waals surface area contributed by atoms with Gasteiger partial charge in [-0.1, -0.05) is 29.4 Å². The molecule has 1 aliphatic heterocycles. The maximum absolute atomic E-state index is 12.6. The predicted molar refractivity (Wildman–Crippen MR) is 112 cm³/mol. The van der Waals surface area contributed by atoms with Crippen LogP contribution >= 0.6 is 0 Å². The summed E-state index contributed by atoms with van der Waals surface area (Å²) < 4.78 is 11.2. The van der Waals surface area contributed by atoms with Crippen LogP contribution in [0.25, 0.3) is 10.4 Å². The number of carbonyl (C=O) groups excluding carboxylic acids is 1. The summed E-state index contributed by atoms with van der Waals surface area (Å²) in [6.45, 7) is 0.546. The molecule has 0 unspecified atom stereocenters. The number of aliphatic imine (C=N–C) groups is 1. The summed E-state index contributed by atoms with van der Waals surface area (Å²) in [5.41, 5.74) is 11.1. The number of carbonyl (C=O) groups is 1. The molecule has 1 aliphatic rings. The third-order valence-corrected chi connectivity index (χ3v) is 4.87. The molecular weight excluding hydrogens is 402 g/mol. The maximum Gasteiger partial charge on any atom is 0.275 e. The number of hydrogen-bond donors (Lipinski definition) is 3. The van der Waals surface area contributed by atoms with Crippen molar-refractivity contribution in [2.45, 2.75) is 24.9 Å². The monoisotopic (exact) mass is 425 g/mol. The number of amides is 1. The minimum atomic E-state index is -1.37. The standard InChI is InChI=1S/C21H23N5O5/c22-26-23-13-17-5-2-1-4-16(17)12-21(20(28)25-29)14-31-19(24-21)15-6-8-18(9-7-15)30-11-3-10-27/h1-2,4-9,27,29H,3,10-14H2,(H,25,28)/t21-/m0/s1. The number of hydrogen-bond acceptors (Lipinski definition) is 7. The maximum atomic E-state index is 12.6. The summed E-state index contributed by atoms with van der Waals surface area (Å²) >= 11 is 0. The largest absolute Gasteiger partial charge is 0.494 e. The zero-order chi connectivity index (χ0) is 22.1. The minimum absolute atomic E-state index is 0.0562. The second kappa shape index (κ2) is 10.4. The number of rotatable bonds is 10. The quantitative estimate of drug-likeness (QED) is 0.133. The Bertz CT molecular complexity index is 988. The van der Waals surface area contributed by atoms with E-state index in [1.165, 1.54) is 0 Å². The van der Waals surface area contributed by atoms with Crippen molar-refractivity contribution < 1.29 is 24.6 Å². The highest BCUT2D eigenvalue weighted by molar-refractivity contribution is 6.00. The molecule has 162 valence electrons. The molecule has 31 heavy (non-hydrogen) atoms. The lowest BCUT2D eigenvalue weighted by Crippen LogP contribution is -2.47. The van der Waals surface area contributed by atoms with E-state index < -0.39 is 11.4 Å². The van der Waals surface area contributed by atoms with Crippen molar-refractivity contribution in [3.8, 4) is 5.75 Å². The Morgan fingerprint density at radius 2 is 2.00 bits per heavy atom. The van der Waals surface area contributed by atoms with Gasteiger partial charge in [-0.05, 0) is 40.9 Å². The molecule has 3 N–H and O–H groups in total. The van der Waals surface area contributed by atoms with Crippen molar-refractivity contribution >= 4 is 11.8 Å². The molecule has 1 heterocycles. The van der Waals surface area contributed by atoms with Crippen molar-refractivity contribution in [2.24, 2.45) is 10.1 Å². The van der Waals surface area contributed by atoms with Crippen LogP contribution in [0.2, 0.25) is 0 Å². The second-order valence-corrected chi connectivity index (χ2v) is 6.96. The lowest BCUT2D eigenvalue weighted by Gasteiger charge is -2.22. The average molecular weight is 425 g/mol. The molecule has 1 amide bonds. The van der Waals surface area contributed by atoms with Crippen LogP contribution in [0.3, 0.4) is 0 Å². The summed E-state index contributed by atoms with van der Waals surface area (Å²) in [4.78, 5) is 19.9. The van der Waals surface area contributed by atoms with E-state index in [1.807, 2.05) is 24.3 Å². The van der Waals surface area contributed by atoms with E-state index in [0.717, 1.165) is 11.1 Å². The number of hydroxylamine groups is 1. The smallest absolute Gasteiger partial charge is 0.275 e. The molecule has 2 aromatic carbocycles. The molecular formula is C21H23N5O5. The van der Waals surface area contributed by atoms with E-state index >= 15 is 0 Å². The number of benzene rings is 2. The molecule has 0 saturated carbocycles. The summed E-state index contributed by atoms with van der Waals surface area (Å²) in [5, 5.41) is 21.7. The molecule has 1 atom stereocenters. The van der Waals surface area contributed by atoms with Crippen LogP contribution < -0.4 is 10.2 Å². The number of azide groups is 1. The van der Waals surface area contributed by atoms with Gasteiger partial charge in [-0.3, -0.25) is 10.0 Å². The molecule has 10 heteroatoms. The van der Waals surface area contributed by atoms with Crippen LogP contribution in [-0.4, -0.2) is 47.5 Å². The first kappa shape index (κ1) is 22.1. The highest BCUT2D eigenvalue weighted by atomic mass is 16.5. The Kier molecular flexibility index (Phi) is 7.45. The van der Waals surface area contributed by atoms with Crippen molar-refractivity contribution in [1.82, 2.24) is 5.48 Å². The first-order valence-electron chi connectivity index (χ1n) is 9.71. The van der Waals surface area contributed by atoms with Crippen LogP contribution in [0, 0.1) is 0 Å². The molecule has 0 aromatic heterocycles. The molecule has 0 fully saturated rings. The van der Waals surface area contributed by atoms with E-state index in [1.54, 1.807) is 29.7 Å². The SMILES string of the molecule is [N-]=[N+]=NCc1ccccc1C[C@@]1(C(=O)NO)COC(c2ccc(OCCCO)cc2)=N1. The fourth-order valence-corrected chi connectivity index (χ4v) is 3.24. The number of nitrogens with one attached hydrogen (secondary N) is 1. The van der Waals surface area contributed by atoms with Gasteiger partial charge in [0.1, 0.15) is 12.4 Å². The van der Waals surface area contributed by atoms with Crippen LogP contribution in [0.1, 0.15) is 23.1 Å². The van der Waals surface area contributed by atoms with Gasteiger partial charge in [-0.15, -0.1) is 0 Å². The van der Waals surface area contributed by atoms with Crippen molar-refractivity contribution in [3.05, 3.63) is 75.7 Å².